The van der Waals surface area contributed by atoms with Crippen molar-refractivity contribution in [1.82, 2.24) is 0 Å². The number of halogens is 18. The van der Waals surface area contributed by atoms with Gasteiger partial charge in [-0.3, -0.25) is 0 Å². The molecular weight excluding hydrogens is 582 g/mol. The third-order valence-corrected chi connectivity index (χ3v) is 6.88. The highest BCUT2D eigenvalue weighted by Crippen LogP contribution is 2.95. The molecule has 4 aliphatic carbocycles. The summed E-state index contributed by atoms with van der Waals surface area (Å²) in [4.78, 5) is 11.3. The van der Waals surface area contributed by atoms with Gasteiger partial charge >= 0.3 is 65.1 Å². The van der Waals surface area contributed by atoms with Crippen LogP contribution in [0.2, 0.25) is 0 Å². The highest BCUT2D eigenvalue weighted by Gasteiger charge is 3.26. The van der Waals surface area contributed by atoms with E-state index in [4.69, 9.17) is 5.11 Å². The molecule has 0 saturated heterocycles. The molecule has 3 nitrogen and oxygen atoms in total. The van der Waals surface area contributed by atoms with E-state index in [2.05, 4.69) is 11.3 Å². The van der Waals surface area contributed by atoms with Gasteiger partial charge in [0.25, 0.3) is 10.8 Å². The number of carbonyl (C=O) groups excluding carboxylic acids is 1. The van der Waals surface area contributed by atoms with Gasteiger partial charge in [0.2, 0.25) is 0 Å². The summed E-state index contributed by atoms with van der Waals surface area (Å²) in [5, 5.41) is 8.57. The molecule has 0 aliphatic heterocycles. The highest BCUT2D eigenvalue weighted by atomic mass is 19.3. The Labute approximate surface area is 190 Å². The Hall–Kier alpha value is -2.09. The van der Waals surface area contributed by atoms with Crippen LogP contribution in [0, 0.1) is 10.8 Å². The summed E-state index contributed by atoms with van der Waals surface area (Å²) in [5.74, 6) is -54.8. The molecule has 4 saturated carbocycles. The fourth-order valence-corrected chi connectivity index (χ4v) is 5.31. The molecule has 0 radical (unpaired) electrons. The van der Waals surface area contributed by atoms with Crippen LogP contribution in [-0.2, 0) is 9.53 Å². The van der Waals surface area contributed by atoms with Crippen LogP contribution in [0.15, 0.2) is 12.2 Å². The summed E-state index contributed by atoms with van der Waals surface area (Å²) in [7, 11) is 0. The van der Waals surface area contributed by atoms with Gasteiger partial charge in [0.05, 0.1) is 0 Å². The zero-order chi connectivity index (χ0) is 29.9. The lowest BCUT2D eigenvalue weighted by atomic mass is 9.32. The molecule has 214 valence electrons. The van der Waals surface area contributed by atoms with Crippen molar-refractivity contribution in [2.75, 3.05) is 0 Å². The molecule has 4 bridgehead atoms. The van der Waals surface area contributed by atoms with Crippen molar-refractivity contribution in [3.63, 3.8) is 0 Å². The number of aliphatic hydroxyl groups is 1. The van der Waals surface area contributed by atoms with E-state index in [-0.39, 0.29) is 6.92 Å². The topological polar surface area (TPSA) is 46.5 Å². The minimum Gasteiger partial charge on any atom is -0.396 e. The van der Waals surface area contributed by atoms with Crippen LogP contribution in [0.25, 0.3) is 0 Å². The van der Waals surface area contributed by atoms with E-state index in [0.717, 1.165) is 0 Å². The maximum Gasteiger partial charge on any atom is 0.424 e. The summed E-state index contributed by atoms with van der Waals surface area (Å²) in [6.45, 7) is 2.61. The molecule has 21 heteroatoms. The number of ether oxygens (including phenoxy) is 1. The molecule has 0 aromatic carbocycles. The average molecular weight is 588 g/mol. The molecule has 0 heterocycles. The summed E-state index contributed by atoms with van der Waals surface area (Å²) in [6, 6.07) is 0. The standard InChI is InChI=1S/C16H6F18O3/c1-3(2)4(35)37-16(33,34)6-9(19,20)5(15(31,32)36)10(21,22)7(17,12(6,25)26)14(29,30)8(18,11(5,23)24)13(6,27)28/h36H,1H2,2H3. The van der Waals surface area contributed by atoms with Crippen molar-refractivity contribution in [1.29, 1.82) is 0 Å². The molecule has 0 amide bonds. The van der Waals surface area contributed by atoms with E-state index in [1.54, 1.807) is 0 Å². The normalized spacial score (nSPS) is 41.8. The van der Waals surface area contributed by atoms with Crippen molar-refractivity contribution in [3.05, 3.63) is 12.2 Å². The number of esters is 1. The largest absolute Gasteiger partial charge is 0.424 e. The molecule has 2 unspecified atom stereocenters. The SMILES string of the molecule is C=C(C)C(=O)OC(F)(F)C12C(F)(F)C3(F)C(F)(F)C(F)(C(F)(F)C(C(O)(F)F)(C3(F)F)C1(F)F)C2(F)F. The Morgan fingerprint density at radius 2 is 0.919 bits per heavy atom. The van der Waals surface area contributed by atoms with Crippen molar-refractivity contribution in [3.8, 4) is 0 Å². The van der Waals surface area contributed by atoms with Crippen LogP contribution in [0.3, 0.4) is 0 Å². The van der Waals surface area contributed by atoms with E-state index in [0.29, 0.717) is 0 Å². The van der Waals surface area contributed by atoms with E-state index in [1.165, 1.54) is 0 Å². The van der Waals surface area contributed by atoms with Crippen molar-refractivity contribution in [2.45, 2.75) is 66.0 Å². The number of hydrogen-bond acceptors (Lipinski definition) is 3. The molecule has 0 aromatic heterocycles. The zero-order valence-electron chi connectivity index (χ0n) is 16.8. The predicted molar refractivity (Wildman–Crippen MR) is 75.2 cm³/mol. The summed E-state index contributed by atoms with van der Waals surface area (Å²) >= 11 is 0. The first-order valence-corrected chi connectivity index (χ1v) is 8.84. The lowest BCUT2D eigenvalue weighted by Gasteiger charge is -2.77. The Bertz CT molecular complexity index is 1050. The fourth-order valence-electron chi connectivity index (χ4n) is 5.31. The van der Waals surface area contributed by atoms with E-state index in [9.17, 15) is 66.3 Å². The van der Waals surface area contributed by atoms with Crippen LogP contribution < -0.4 is 0 Å². The van der Waals surface area contributed by atoms with Crippen molar-refractivity contribution in [2.24, 2.45) is 10.8 Å². The monoisotopic (exact) mass is 588 g/mol. The third kappa shape index (κ3) is 1.95. The van der Waals surface area contributed by atoms with Gasteiger partial charge in [-0.2, -0.15) is 26.3 Å². The quantitative estimate of drug-likeness (QED) is 0.267. The van der Waals surface area contributed by atoms with Crippen LogP contribution in [0.5, 0.6) is 0 Å². The molecule has 0 spiro atoms. The van der Waals surface area contributed by atoms with E-state index < -0.39 is 81.5 Å². The molecule has 4 fully saturated rings. The minimum atomic E-state index is -8.78. The molecule has 37 heavy (non-hydrogen) atoms. The molecule has 4 rings (SSSR count). The maximum absolute atomic E-state index is 15.2. The molecule has 0 aromatic rings. The first-order valence-electron chi connectivity index (χ1n) is 8.84. The first-order chi connectivity index (χ1) is 15.8. The Morgan fingerprint density at radius 1 is 0.622 bits per heavy atom. The van der Waals surface area contributed by atoms with Crippen molar-refractivity contribution >= 4 is 5.97 Å². The molecule has 2 atom stereocenters. The summed E-state index contributed by atoms with van der Waals surface area (Å²) in [6.07, 6.45) is -16.0. The van der Waals surface area contributed by atoms with Gasteiger partial charge in [0.1, 0.15) is 0 Å². The third-order valence-electron chi connectivity index (χ3n) is 6.88. The van der Waals surface area contributed by atoms with Gasteiger partial charge in [-0.25, -0.2) is 57.5 Å². The minimum absolute atomic E-state index is 0.208. The zero-order valence-corrected chi connectivity index (χ0v) is 16.8. The number of carbonyl (C=O) groups is 1. The van der Waals surface area contributed by atoms with Gasteiger partial charge in [0.15, 0.2) is 0 Å². The Morgan fingerprint density at radius 3 is 1.19 bits per heavy atom. The van der Waals surface area contributed by atoms with Gasteiger partial charge in [0, 0.05) is 5.57 Å². The second kappa shape index (κ2) is 6.21. The smallest absolute Gasteiger partial charge is 0.396 e. The van der Waals surface area contributed by atoms with Crippen LogP contribution in [0.4, 0.5) is 79.0 Å². The van der Waals surface area contributed by atoms with Crippen LogP contribution in [-0.4, -0.2) is 70.2 Å². The number of rotatable bonds is 4. The highest BCUT2D eigenvalue weighted by molar-refractivity contribution is 5.87. The lowest BCUT2D eigenvalue weighted by Crippen LogP contribution is -3.09. The second-order valence-electron chi connectivity index (χ2n) is 8.49. The Kier molecular flexibility index (Phi) is 4.94. The first kappa shape index (κ1) is 29.5. The Balaban J connectivity index is 2.82. The van der Waals surface area contributed by atoms with Crippen LogP contribution >= 0.6 is 0 Å². The molecule has 1 N–H and O–H groups in total. The summed E-state index contributed by atoms with van der Waals surface area (Å²) in [5.41, 5.74) is -35.7. The lowest BCUT2D eigenvalue weighted by molar-refractivity contribution is -0.664. The number of hydrogen-bond donors (Lipinski definition) is 1. The average Bonchev–Trinajstić information content (AvgIpc) is 2.60. The molecule has 4 aliphatic rings. The van der Waals surface area contributed by atoms with Crippen molar-refractivity contribution < 1.29 is 93.7 Å². The molecular formula is C16H6F18O3. The van der Waals surface area contributed by atoms with Gasteiger partial charge in [-0.05, 0) is 6.92 Å². The summed E-state index contributed by atoms with van der Waals surface area (Å²) < 4.78 is 268. The second-order valence-corrected chi connectivity index (χ2v) is 8.49. The number of alkyl halides is 18. The van der Waals surface area contributed by atoms with E-state index >= 15 is 17.6 Å². The predicted octanol–water partition coefficient (Wildman–Crippen LogP) is 5.53. The maximum atomic E-state index is 15.2. The van der Waals surface area contributed by atoms with Gasteiger partial charge in [-0.15, -0.1) is 0 Å². The fraction of sp³-hybridized carbons (Fsp3) is 0.812. The van der Waals surface area contributed by atoms with Gasteiger partial charge < -0.3 is 9.84 Å². The van der Waals surface area contributed by atoms with E-state index in [1.807, 2.05) is 0 Å². The van der Waals surface area contributed by atoms with Crippen LogP contribution in [0.1, 0.15) is 6.92 Å². The van der Waals surface area contributed by atoms with Gasteiger partial charge in [-0.1, -0.05) is 6.58 Å².